The number of nitrogens with one attached hydrogen (secondary N) is 1. The van der Waals surface area contributed by atoms with Crippen LogP contribution < -0.4 is 11.3 Å². The molecule has 1 amide bonds. The number of hydrogen-bond donors (Lipinski definition) is 2. The molecule has 21 heavy (non-hydrogen) atoms. The predicted molar refractivity (Wildman–Crippen MR) is 81.8 cm³/mol. The standard InChI is InChI=1S/C16H20N4O/c1-2-20(12-14-10-6-7-11-18-14)15(16(21)19-17)13-8-4-3-5-9-13/h3-11,15H,2,12,17H2,1H3,(H,19,21). The molecule has 1 unspecified atom stereocenters. The van der Waals surface area contributed by atoms with Crippen molar-refractivity contribution in [1.82, 2.24) is 15.3 Å². The fourth-order valence-electron chi connectivity index (χ4n) is 2.33. The molecule has 0 radical (unpaired) electrons. The lowest BCUT2D eigenvalue weighted by Gasteiger charge is -2.29. The van der Waals surface area contributed by atoms with Gasteiger partial charge in [0, 0.05) is 12.7 Å². The largest absolute Gasteiger partial charge is 0.293 e. The molecule has 1 aromatic heterocycles. The Hall–Kier alpha value is -2.24. The maximum Gasteiger partial charge on any atom is 0.255 e. The van der Waals surface area contributed by atoms with Crippen LogP contribution in [0.4, 0.5) is 0 Å². The maximum atomic E-state index is 12.2. The number of nitrogens with two attached hydrogens (primary N) is 1. The molecule has 2 aromatic rings. The van der Waals surface area contributed by atoms with Crippen LogP contribution in [-0.2, 0) is 11.3 Å². The number of nitrogens with zero attached hydrogens (tertiary/aromatic N) is 2. The number of hydrogen-bond acceptors (Lipinski definition) is 4. The van der Waals surface area contributed by atoms with Crippen LogP contribution >= 0.6 is 0 Å². The molecule has 0 aliphatic rings. The number of aromatic nitrogens is 1. The summed E-state index contributed by atoms with van der Waals surface area (Å²) in [6.45, 7) is 3.32. The molecule has 110 valence electrons. The minimum atomic E-state index is -0.428. The van der Waals surface area contributed by atoms with Crippen molar-refractivity contribution in [2.24, 2.45) is 5.84 Å². The zero-order valence-corrected chi connectivity index (χ0v) is 12.1. The quantitative estimate of drug-likeness (QED) is 0.480. The zero-order valence-electron chi connectivity index (χ0n) is 12.1. The molecule has 0 bridgehead atoms. The third kappa shape index (κ3) is 3.87. The summed E-state index contributed by atoms with van der Waals surface area (Å²) >= 11 is 0. The first-order chi connectivity index (χ1) is 10.3. The summed E-state index contributed by atoms with van der Waals surface area (Å²) in [5, 5.41) is 0. The minimum Gasteiger partial charge on any atom is -0.293 e. The molecule has 1 heterocycles. The van der Waals surface area contributed by atoms with Gasteiger partial charge in [-0.15, -0.1) is 0 Å². The van der Waals surface area contributed by atoms with Gasteiger partial charge in [0.05, 0.1) is 5.69 Å². The number of hydrazine groups is 1. The Bertz CT molecular complexity index is 559. The van der Waals surface area contributed by atoms with E-state index in [9.17, 15) is 4.79 Å². The summed E-state index contributed by atoms with van der Waals surface area (Å²) < 4.78 is 0. The average molecular weight is 284 g/mol. The second kappa shape index (κ2) is 7.52. The van der Waals surface area contributed by atoms with Gasteiger partial charge in [0.25, 0.3) is 5.91 Å². The smallest absolute Gasteiger partial charge is 0.255 e. The van der Waals surface area contributed by atoms with Crippen molar-refractivity contribution in [2.45, 2.75) is 19.5 Å². The van der Waals surface area contributed by atoms with E-state index in [0.717, 1.165) is 11.3 Å². The highest BCUT2D eigenvalue weighted by molar-refractivity contribution is 5.82. The lowest BCUT2D eigenvalue weighted by atomic mass is 10.0. The number of amides is 1. The van der Waals surface area contributed by atoms with Crippen molar-refractivity contribution < 1.29 is 4.79 Å². The Balaban J connectivity index is 2.27. The van der Waals surface area contributed by atoms with E-state index in [2.05, 4.69) is 10.4 Å². The first-order valence-electron chi connectivity index (χ1n) is 6.95. The molecule has 3 N–H and O–H groups in total. The lowest BCUT2D eigenvalue weighted by Crippen LogP contribution is -2.43. The van der Waals surface area contributed by atoms with E-state index in [-0.39, 0.29) is 5.91 Å². The van der Waals surface area contributed by atoms with E-state index in [1.807, 2.05) is 60.4 Å². The van der Waals surface area contributed by atoms with Crippen LogP contribution in [0, 0.1) is 0 Å². The molecular formula is C16H20N4O. The number of rotatable bonds is 6. The first-order valence-corrected chi connectivity index (χ1v) is 6.95. The van der Waals surface area contributed by atoms with Crippen LogP contribution in [0.2, 0.25) is 0 Å². The Morgan fingerprint density at radius 2 is 1.95 bits per heavy atom. The summed E-state index contributed by atoms with van der Waals surface area (Å²) in [7, 11) is 0. The molecule has 0 saturated carbocycles. The van der Waals surface area contributed by atoms with Gasteiger partial charge in [-0.1, -0.05) is 43.3 Å². The monoisotopic (exact) mass is 284 g/mol. The molecule has 1 atom stereocenters. The summed E-state index contributed by atoms with van der Waals surface area (Å²) in [5.74, 6) is 5.13. The van der Waals surface area contributed by atoms with Gasteiger partial charge in [-0.3, -0.25) is 20.1 Å². The summed E-state index contributed by atoms with van der Waals surface area (Å²) in [6, 6.07) is 15.0. The fourth-order valence-corrected chi connectivity index (χ4v) is 2.33. The Morgan fingerprint density at radius 3 is 2.52 bits per heavy atom. The van der Waals surface area contributed by atoms with Gasteiger partial charge >= 0.3 is 0 Å². The van der Waals surface area contributed by atoms with Crippen molar-refractivity contribution in [3.05, 3.63) is 66.0 Å². The molecule has 1 aromatic carbocycles. The highest BCUT2D eigenvalue weighted by Gasteiger charge is 2.26. The van der Waals surface area contributed by atoms with Crippen LogP contribution in [0.15, 0.2) is 54.7 Å². The van der Waals surface area contributed by atoms with Crippen molar-refractivity contribution in [3.8, 4) is 0 Å². The van der Waals surface area contributed by atoms with Gasteiger partial charge in [0.15, 0.2) is 0 Å². The first kappa shape index (κ1) is 15.2. The maximum absolute atomic E-state index is 12.2. The van der Waals surface area contributed by atoms with E-state index in [1.165, 1.54) is 0 Å². The number of benzene rings is 1. The third-order valence-corrected chi connectivity index (χ3v) is 3.37. The van der Waals surface area contributed by atoms with Gasteiger partial charge in [0.1, 0.15) is 6.04 Å². The highest BCUT2D eigenvalue weighted by atomic mass is 16.2. The van der Waals surface area contributed by atoms with Crippen molar-refractivity contribution >= 4 is 5.91 Å². The molecular weight excluding hydrogens is 264 g/mol. The Morgan fingerprint density at radius 1 is 1.24 bits per heavy atom. The van der Waals surface area contributed by atoms with Crippen LogP contribution in [-0.4, -0.2) is 22.3 Å². The molecule has 5 heteroatoms. The topological polar surface area (TPSA) is 71.2 Å². The summed E-state index contributed by atoms with van der Waals surface area (Å²) in [4.78, 5) is 18.6. The molecule has 5 nitrogen and oxygen atoms in total. The predicted octanol–water partition coefficient (Wildman–Crippen LogP) is 1.63. The SMILES string of the molecule is CCN(Cc1ccccn1)C(C(=O)NN)c1ccccc1. The van der Waals surface area contributed by atoms with E-state index < -0.39 is 6.04 Å². The van der Waals surface area contributed by atoms with E-state index in [0.29, 0.717) is 13.1 Å². The number of likely N-dealkylation sites (N-methyl/N-ethyl adjacent to an activating group) is 1. The average Bonchev–Trinajstić information content (AvgIpc) is 2.56. The second-order valence-corrected chi connectivity index (χ2v) is 4.71. The van der Waals surface area contributed by atoms with Crippen LogP contribution in [0.1, 0.15) is 24.2 Å². The fraction of sp³-hybridized carbons (Fsp3) is 0.250. The normalized spacial score (nSPS) is 12.1. The number of carbonyl (C=O) groups excluding carboxylic acids is 1. The summed E-state index contributed by atoms with van der Waals surface area (Å²) in [5.41, 5.74) is 4.10. The lowest BCUT2D eigenvalue weighted by molar-refractivity contribution is -0.127. The van der Waals surface area contributed by atoms with Gasteiger partial charge in [0.2, 0.25) is 0 Å². The van der Waals surface area contributed by atoms with Crippen LogP contribution in [0.5, 0.6) is 0 Å². The van der Waals surface area contributed by atoms with Crippen molar-refractivity contribution in [3.63, 3.8) is 0 Å². The van der Waals surface area contributed by atoms with Gasteiger partial charge < -0.3 is 0 Å². The Kier molecular flexibility index (Phi) is 5.43. The van der Waals surface area contributed by atoms with Crippen LogP contribution in [0.3, 0.4) is 0 Å². The van der Waals surface area contributed by atoms with Gasteiger partial charge in [-0.25, -0.2) is 5.84 Å². The number of carbonyl (C=O) groups is 1. The van der Waals surface area contributed by atoms with Gasteiger partial charge in [-0.05, 0) is 24.2 Å². The molecule has 0 fully saturated rings. The molecule has 0 aliphatic heterocycles. The third-order valence-electron chi connectivity index (χ3n) is 3.37. The van der Waals surface area contributed by atoms with Crippen molar-refractivity contribution in [2.75, 3.05) is 6.54 Å². The zero-order chi connectivity index (χ0) is 15.1. The van der Waals surface area contributed by atoms with Crippen LogP contribution in [0.25, 0.3) is 0 Å². The molecule has 0 spiro atoms. The second-order valence-electron chi connectivity index (χ2n) is 4.71. The van der Waals surface area contributed by atoms with Gasteiger partial charge in [-0.2, -0.15) is 0 Å². The highest BCUT2D eigenvalue weighted by Crippen LogP contribution is 2.22. The van der Waals surface area contributed by atoms with E-state index in [1.54, 1.807) is 6.20 Å². The molecule has 0 aliphatic carbocycles. The summed E-state index contributed by atoms with van der Waals surface area (Å²) in [6.07, 6.45) is 1.75. The molecule has 0 saturated heterocycles. The molecule has 2 rings (SSSR count). The minimum absolute atomic E-state index is 0.223. The van der Waals surface area contributed by atoms with Crippen molar-refractivity contribution in [1.29, 1.82) is 0 Å². The van der Waals surface area contributed by atoms with E-state index in [4.69, 9.17) is 5.84 Å². The van der Waals surface area contributed by atoms with E-state index >= 15 is 0 Å². The Labute approximate surface area is 124 Å². The number of pyridine rings is 1.